The van der Waals surface area contributed by atoms with Crippen molar-refractivity contribution >= 4 is 21.4 Å². The molecular weight excluding hydrogens is 365 g/mol. The Morgan fingerprint density at radius 1 is 0.926 bits per heavy atom. The fourth-order valence-corrected chi connectivity index (χ4v) is 3.46. The van der Waals surface area contributed by atoms with Gasteiger partial charge in [0.2, 0.25) is 0 Å². The van der Waals surface area contributed by atoms with Crippen molar-refractivity contribution in [3.8, 4) is 11.1 Å². The summed E-state index contributed by atoms with van der Waals surface area (Å²) in [5, 5.41) is 0. The summed E-state index contributed by atoms with van der Waals surface area (Å²) in [5.74, 6) is -1.39. The molecule has 1 amide bonds. The number of hydrogen-bond acceptors (Lipinski definition) is 3. The van der Waals surface area contributed by atoms with Crippen LogP contribution in [-0.2, 0) is 9.84 Å². The van der Waals surface area contributed by atoms with E-state index in [0.717, 1.165) is 35.6 Å². The summed E-state index contributed by atoms with van der Waals surface area (Å²) in [4.78, 5) is 14.1. The second-order valence-corrected chi connectivity index (χ2v) is 8.18. The summed E-state index contributed by atoms with van der Waals surface area (Å²) in [7, 11) is -2.02. The minimum Gasteiger partial charge on any atom is -0.311 e. The maximum absolute atomic E-state index is 14.3. The zero-order valence-corrected chi connectivity index (χ0v) is 15.7. The van der Waals surface area contributed by atoms with Crippen LogP contribution in [0, 0.1) is 5.82 Å². The molecule has 0 atom stereocenters. The van der Waals surface area contributed by atoms with E-state index in [9.17, 15) is 17.6 Å². The first-order valence-electron chi connectivity index (χ1n) is 8.21. The molecule has 3 aromatic rings. The second-order valence-electron chi connectivity index (χ2n) is 6.16. The zero-order valence-electron chi connectivity index (χ0n) is 14.9. The highest BCUT2D eigenvalue weighted by molar-refractivity contribution is 7.90. The van der Waals surface area contributed by atoms with E-state index in [1.807, 2.05) is 42.5 Å². The molecular formula is C21H18FNO3S. The molecule has 0 saturated heterocycles. The van der Waals surface area contributed by atoms with Gasteiger partial charge in [0.25, 0.3) is 5.91 Å². The van der Waals surface area contributed by atoms with Gasteiger partial charge in [-0.25, -0.2) is 12.8 Å². The summed E-state index contributed by atoms with van der Waals surface area (Å²) < 4.78 is 37.8. The molecule has 0 aromatic heterocycles. The van der Waals surface area contributed by atoms with E-state index in [2.05, 4.69) is 0 Å². The molecule has 4 nitrogen and oxygen atoms in total. The van der Waals surface area contributed by atoms with Crippen molar-refractivity contribution in [1.29, 1.82) is 0 Å². The highest BCUT2D eigenvalue weighted by atomic mass is 32.2. The van der Waals surface area contributed by atoms with Gasteiger partial charge in [0.1, 0.15) is 5.82 Å². The van der Waals surface area contributed by atoms with Crippen molar-refractivity contribution in [1.82, 2.24) is 0 Å². The Morgan fingerprint density at radius 2 is 1.56 bits per heavy atom. The summed E-state index contributed by atoms with van der Waals surface area (Å²) in [6.45, 7) is 0. The van der Waals surface area contributed by atoms with E-state index < -0.39 is 21.6 Å². The van der Waals surface area contributed by atoms with E-state index in [4.69, 9.17) is 0 Å². The first-order valence-corrected chi connectivity index (χ1v) is 10.1. The van der Waals surface area contributed by atoms with Crippen LogP contribution in [0.1, 0.15) is 10.4 Å². The summed E-state index contributed by atoms with van der Waals surface area (Å²) >= 11 is 0. The van der Waals surface area contributed by atoms with Gasteiger partial charge in [-0.3, -0.25) is 4.79 Å². The molecule has 0 fully saturated rings. The van der Waals surface area contributed by atoms with Gasteiger partial charge in [-0.1, -0.05) is 48.5 Å². The normalized spacial score (nSPS) is 11.2. The number of halogens is 1. The van der Waals surface area contributed by atoms with E-state index in [0.29, 0.717) is 5.69 Å². The Kier molecular flexibility index (Phi) is 5.10. The third-order valence-corrected chi connectivity index (χ3v) is 5.36. The van der Waals surface area contributed by atoms with Crippen molar-refractivity contribution in [2.45, 2.75) is 4.90 Å². The van der Waals surface area contributed by atoms with Gasteiger partial charge in [0.15, 0.2) is 9.84 Å². The van der Waals surface area contributed by atoms with E-state index in [-0.39, 0.29) is 10.5 Å². The molecule has 0 bridgehead atoms. The molecule has 0 unspecified atom stereocenters. The largest absolute Gasteiger partial charge is 0.311 e. The minimum absolute atomic E-state index is 0.100. The number of carbonyl (C=O) groups excluding carboxylic acids is 1. The first kappa shape index (κ1) is 18.8. The van der Waals surface area contributed by atoms with Crippen LogP contribution in [0.25, 0.3) is 11.1 Å². The van der Waals surface area contributed by atoms with Gasteiger partial charge in [0, 0.05) is 18.9 Å². The Bertz CT molecular complexity index is 1100. The highest BCUT2D eigenvalue weighted by Crippen LogP contribution is 2.31. The van der Waals surface area contributed by atoms with Crippen molar-refractivity contribution in [2.24, 2.45) is 0 Å². The molecule has 0 aliphatic heterocycles. The maximum Gasteiger partial charge on any atom is 0.261 e. The number of benzene rings is 3. The van der Waals surface area contributed by atoms with Crippen LogP contribution in [0.2, 0.25) is 0 Å². The lowest BCUT2D eigenvalue weighted by Crippen LogP contribution is -2.28. The third-order valence-electron chi connectivity index (χ3n) is 4.25. The monoisotopic (exact) mass is 383 g/mol. The van der Waals surface area contributed by atoms with E-state index >= 15 is 0 Å². The van der Waals surface area contributed by atoms with Gasteiger partial charge in [0.05, 0.1) is 16.1 Å². The van der Waals surface area contributed by atoms with Crippen molar-refractivity contribution in [3.63, 3.8) is 0 Å². The number of rotatable bonds is 4. The standard InChI is InChI=1S/C21H18FNO3S/c1-23(20-11-7-6-10-17(20)15-8-4-3-5-9-15)21(24)18-14-16(27(2,25)26)12-13-19(18)22/h3-14H,1-2H3. The molecule has 0 saturated carbocycles. The van der Waals surface area contributed by atoms with Crippen molar-refractivity contribution < 1.29 is 17.6 Å². The van der Waals surface area contributed by atoms with Crippen LogP contribution >= 0.6 is 0 Å². The quantitative estimate of drug-likeness (QED) is 0.636. The number of carbonyl (C=O) groups is 1. The lowest BCUT2D eigenvalue weighted by Gasteiger charge is -2.21. The maximum atomic E-state index is 14.3. The SMILES string of the molecule is CN(C(=O)c1cc(S(C)(=O)=O)ccc1F)c1ccccc1-c1ccccc1. The Balaban J connectivity index is 2.06. The van der Waals surface area contributed by atoms with Gasteiger partial charge < -0.3 is 4.90 Å². The molecule has 6 heteroatoms. The number of amides is 1. The van der Waals surface area contributed by atoms with Crippen LogP contribution in [0.4, 0.5) is 10.1 Å². The van der Waals surface area contributed by atoms with Gasteiger partial charge in [-0.05, 0) is 29.8 Å². The highest BCUT2D eigenvalue weighted by Gasteiger charge is 2.22. The summed E-state index contributed by atoms with van der Waals surface area (Å²) in [5.41, 5.74) is 2.04. The van der Waals surface area contributed by atoms with Crippen LogP contribution in [-0.4, -0.2) is 27.6 Å². The average Bonchev–Trinajstić information content (AvgIpc) is 2.67. The van der Waals surface area contributed by atoms with Gasteiger partial charge in [-0.15, -0.1) is 0 Å². The van der Waals surface area contributed by atoms with Crippen LogP contribution < -0.4 is 4.90 Å². The zero-order chi connectivity index (χ0) is 19.6. The molecule has 3 aromatic carbocycles. The first-order chi connectivity index (χ1) is 12.8. The Morgan fingerprint density at radius 3 is 2.22 bits per heavy atom. The predicted octanol–water partition coefficient (Wildman–Crippen LogP) is 4.17. The molecule has 27 heavy (non-hydrogen) atoms. The molecule has 0 radical (unpaired) electrons. The molecule has 0 heterocycles. The summed E-state index contributed by atoms with van der Waals surface area (Å²) in [6.07, 6.45) is 1.02. The third kappa shape index (κ3) is 3.90. The minimum atomic E-state index is -3.55. The van der Waals surface area contributed by atoms with Crippen molar-refractivity contribution in [3.05, 3.63) is 84.2 Å². The van der Waals surface area contributed by atoms with Crippen molar-refractivity contribution in [2.75, 3.05) is 18.2 Å². The molecule has 0 spiro atoms. The molecule has 3 rings (SSSR count). The lowest BCUT2D eigenvalue weighted by molar-refractivity contribution is 0.0989. The fraction of sp³-hybridized carbons (Fsp3) is 0.0952. The number of para-hydroxylation sites is 1. The number of anilines is 1. The smallest absolute Gasteiger partial charge is 0.261 e. The second kappa shape index (κ2) is 7.32. The van der Waals surface area contributed by atoms with Crippen LogP contribution in [0.15, 0.2) is 77.7 Å². The Labute approximate surface area is 157 Å². The number of nitrogens with zero attached hydrogens (tertiary/aromatic N) is 1. The van der Waals surface area contributed by atoms with Crippen LogP contribution in [0.3, 0.4) is 0 Å². The number of hydrogen-bond donors (Lipinski definition) is 0. The van der Waals surface area contributed by atoms with E-state index in [1.54, 1.807) is 12.1 Å². The predicted molar refractivity (Wildman–Crippen MR) is 104 cm³/mol. The molecule has 0 N–H and O–H groups in total. The lowest BCUT2D eigenvalue weighted by atomic mass is 10.0. The summed E-state index contributed by atoms with van der Waals surface area (Å²) in [6, 6.07) is 20.0. The van der Waals surface area contributed by atoms with Gasteiger partial charge >= 0.3 is 0 Å². The molecule has 0 aliphatic rings. The average molecular weight is 383 g/mol. The molecule has 0 aliphatic carbocycles. The topological polar surface area (TPSA) is 54.5 Å². The number of sulfone groups is 1. The fourth-order valence-electron chi connectivity index (χ4n) is 2.82. The molecule has 138 valence electrons. The Hall–Kier alpha value is -2.99. The van der Waals surface area contributed by atoms with Gasteiger partial charge in [-0.2, -0.15) is 0 Å². The van der Waals surface area contributed by atoms with Crippen LogP contribution in [0.5, 0.6) is 0 Å². The van der Waals surface area contributed by atoms with E-state index in [1.165, 1.54) is 11.9 Å².